The molecule has 1 aliphatic heterocycles. The van der Waals surface area contributed by atoms with Crippen LogP contribution in [-0.4, -0.2) is 23.0 Å². The lowest BCUT2D eigenvalue weighted by Crippen LogP contribution is -2.41. The fourth-order valence-electron chi connectivity index (χ4n) is 3.61. The first-order chi connectivity index (χ1) is 7.73. The van der Waals surface area contributed by atoms with Crippen molar-refractivity contribution in [1.82, 2.24) is 0 Å². The van der Waals surface area contributed by atoms with E-state index in [2.05, 4.69) is 13.8 Å². The van der Waals surface area contributed by atoms with E-state index < -0.39 is 0 Å². The van der Waals surface area contributed by atoms with Crippen molar-refractivity contribution in [3.63, 3.8) is 0 Å². The highest BCUT2D eigenvalue weighted by Crippen LogP contribution is 2.44. The Morgan fingerprint density at radius 1 is 1.24 bits per heavy atom. The van der Waals surface area contributed by atoms with Crippen molar-refractivity contribution in [2.45, 2.75) is 70.6 Å². The molecule has 3 unspecified atom stereocenters. The molecular weight excluding hydrogens is 214 g/mol. The number of carbonyl (C=O) groups excluding carboxylic acids is 1. The second-order valence-electron chi connectivity index (χ2n) is 6.83. The summed E-state index contributed by atoms with van der Waals surface area (Å²) in [5, 5.41) is 0. The first kappa shape index (κ1) is 13.0. The van der Waals surface area contributed by atoms with Crippen LogP contribution in [0.5, 0.6) is 0 Å². The molecule has 1 aliphatic carbocycles. The number of ether oxygens (including phenoxy) is 1. The second kappa shape index (κ2) is 4.06. The van der Waals surface area contributed by atoms with Gasteiger partial charge in [-0.1, -0.05) is 6.42 Å². The molecule has 1 saturated carbocycles. The van der Waals surface area contributed by atoms with Gasteiger partial charge in [0, 0.05) is 17.9 Å². The van der Waals surface area contributed by atoms with Crippen molar-refractivity contribution in [3.8, 4) is 0 Å². The smallest absolute Gasteiger partial charge is 0.143 e. The first-order valence-corrected chi connectivity index (χ1v) is 6.72. The van der Waals surface area contributed by atoms with Gasteiger partial charge in [-0.3, -0.25) is 4.79 Å². The van der Waals surface area contributed by atoms with Gasteiger partial charge in [-0.2, -0.15) is 0 Å². The summed E-state index contributed by atoms with van der Waals surface area (Å²) in [4.78, 5) is 12.6. The Morgan fingerprint density at radius 2 is 1.88 bits per heavy atom. The summed E-state index contributed by atoms with van der Waals surface area (Å²) in [5.74, 6) is 0.411. The molecule has 0 amide bonds. The van der Waals surface area contributed by atoms with Crippen molar-refractivity contribution in [2.24, 2.45) is 17.6 Å². The number of carbonyl (C=O) groups is 1. The summed E-state index contributed by atoms with van der Waals surface area (Å²) < 4.78 is 6.00. The highest BCUT2D eigenvalue weighted by atomic mass is 16.5. The molecule has 0 bridgehead atoms. The van der Waals surface area contributed by atoms with Crippen molar-refractivity contribution >= 4 is 5.78 Å². The molecule has 1 heterocycles. The number of hydrogen-bond donors (Lipinski definition) is 1. The van der Waals surface area contributed by atoms with Gasteiger partial charge >= 0.3 is 0 Å². The van der Waals surface area contributed by atoms with Crippen LogP contribution in [0.3, 0.4) is 0 Å². The summed E-state index contributed by atoms with van der Waals surface area (Å²) in [6, 6.07) is 0.0713. The van der Waals surface area contributed by atoms with Crippen molar-refractivity contribution in [1.29, 1.82) is 0 Å². The maximum atomic E-state index is 12.6. The first-order valence-electron chi connectivity index (χ1n) is 6.72. The van der Waals surface area contributed by atoms with E-state index >= 15 is 0 Å². The van der Waals surface area contributed by atoms with Gasteiger partial charge in [0.25, 0.3) is 0 Å². The summed E-state index contributed by atoms with van der Waals surface area (Å²) in [7, 11) is 0. The molecule has 3 atom stereocenters. The summed E-state index contributed by atoms with van der Waals surface area (Å²) in [6.45, 7) is 8.20. The van der Waals surface area contributed by atoms with Crippen LogP contribution >= 0.6 is 0 Å². The van der Waals surface area contributed by atoms with Crippen LogP contribution in [0, 0.1) is 11.8 Å². The Kier molecular flexibility index (Phi) is 3.11. The molecule has 2 N–H and O–H groups in total. The third-order valence-corrected chi connectivity index (χ3v) is 4.35. The molecule has 2 fully saturated rings. The van der Waals surface area contributed by atoms with Crippen LogP contribution < -0.4 is 5.73 Å². The Hall–Kier alpha value is -0.410. The third-order valence-electron chi connectivity index (χ3n) is 4.35. The average Bonchev–Trinajstić information content (AvgIpc) is 2.66. The van der Waals surface area contributed by atoms with Gasteiger partial charge in [-0.25, -0.2) is 0 Å². The lowest BCUT2D eigenvalue weighted by atomic mass is 9.78. The van der Waals surface area contributed by atoms with Gasteiger partial charge in [0.2, 0.25) is 0 Å². The predicted octanol–water partition coefficient (Wildman–Crippen LogP) is 2.28. The maximum absolute atomic E-state index is 12.6. The highest BCUT2D eigenvalue weighted by Gasteiger charge is 2.51. The number of ketones is 1. The number of Topliss-reactive ketones (excluding diaryl/α,β-unsaturated/α-hetero) is 1. The van der Waals surface area contributed by atoms with E-state index in [0.29, 0.717) is 5.78 Å². The molecule has 0 aromatic carbocycles. The molecule has 0 spiro atoms. The minimum Gasteiger partial charge on any atom is -0.369 e. The van der Waals surface area contributed by atoms with Gasteiger partial charge in [-0.15, -0.1) is 0 Å². The lowest BCUT2D eigenvalue weighted by molar-refractivity contribution is -0.133. The Bertz CT molecular complexity index is 322. The molecule has 98 valence electrons. The molecule has 17 heavy (non-hydrogen) atoms. The second-order valence-corrected chi connectivity index (χ2v) is 6.83. The molecule has 0 radical (unpaired) electrons. The summed E-state index contributed by atoms with van der Waals surface area (Å²) >= 11 is 0. The van der Waals surface area contributed by atoms with Crippen molar-refractivity contribution in [2.75, 3.05) is 0 Å². The lowest BCUT2D eigenvalue weighted by Gasteiger charge is -2.28. The molecular formula is C14H25NO2. The van der Waals surface area contributed by atoms with Crippen LogP contribution in [0.15, 0.2) is 0 Å². The Morgan fingerprint density at radius 3 is 2.29 bits per heavy atom. The fraction of sp³-hybridized carbons (Fsp3) is 0.929. The monoisotopic (exact) mass is 239 g/mol. The zero-order chi connectivity index (χ0) is 12.8. The predicted molar refractivity (Wildman–Crippen MR) is 67.7 cm³/mol. The van der Waals surface area contributed by atoms with E-state index in [1.807, 2.05) is 13.8 Å². The summed E-state index contributed by atoms with van der Waals surface area (Å²) in [5.41, 5.74) is 5.51. The van der Waals surface area contributed by atoms with Crippen LogP contribution in [0.1, 0.15) is 53.4 Å². The maximum Gasteiger partial charge on any atom is 0.143 e. The number of nitrogens with two attached hydrogens (primary N) is 1. The van der Waals surface area contributed by atoms with Crippen molar-refractivity contribution < 1.29 is 9.53 Å². The fourth-order valence-corrected chi connectivity index (χ4v) is 3.61. The molecule has 2 aliphatic rings. The van der Waals surface area contributed by atoms with Crippen LogP contribution in [-0.2, 0) is 9.53 Å². The van der Waals surface area contributed by atoms with E-state index in [-0.39, 0.29) is 29.1 Å². The number of rotatable bonds is 2. The molecule has 2 rings (SSSR count). The van der Waals surface area contributed by atoms with Crippen LogP contribution in [0.2, 0.25) is 0 Å². The molecule has 0 aromatic rings. The molecule has 3 heteroatoms. The van der Waals surface area contributed by atoms with E-state index in [0.717, 1.165) is 25.7 Å². The zero-order valence-corrected chi connectivity index (χ0v) is 11.5. The molecule has 3 nitrogen and oxygen atoms in total. The van der Waals surface area contributed by atoms with Gasteiger partial charge in [0.15, 0.2) is 0 Å². The van der Waals surface area contributed by atoms with Gasteiger partial charge in [0.1, 0.15) is 5.78 Å². The third kappa shape index (κ3) is 2.41. The average molecular weight is 239 g/mol. The highest BCUT2D eigenvalue weighted by molar-refractivity contribution is 5.85. The van der Waals surface area contributed by atoms with E-state index in [4.69, 9.17) is 10.5 Å². The minimum absolute atomic E-state index is 0.00616. The normalized spacial score (nSPS) is 39.5. The van der Waals surface area contributed by atoms with E-state index in [9.17, 15) is 4.79 Å². The number of hydrogen-bond acceptors (Lipinski definition) is 3. The SMILES string of the molecule is CC1(C)CC(C(=O)C2CCCC2N)C(C)(C)O1. The topological polar surface area (TPSA) is 52.3 Å². The molecule has 1 saturated heterocycles. The van der Waals surface area contributed by atoms with Crippen LogP contribution in [0.4, 0.5) is 0 Å². The van der Waals surface area contributed by atoms with Gasteiger partial charge < -0.3 is 10.5 Å². The van der Waals surface area contributed by atoms with E-state index in [1.165, 1.54) is 0 Å². The molecule has 0 aromatic heterocycles. The van der Waals surface area contributed by atoms with E-state index in [1.54, 1.807) is 0 Å². The zero-order valence-electron chi connectivity index (χ0n) is 11.5. The summed E-state index contributed by atoms with van der Waals surface area (Å²) in [6.07, 6.45) is 3.87. The minimum atomic E-state index is -0.344. The largest absolute Gasteiger partial charge is 0.369 e. The standard InChI is InChI=1S/C14H25NO2/c1-13(2)8-10(14(3,4)17-13)12(16)9-6-5-7-11(9)15/h9-11H,5-8,15H2,1-4H3. The Labute approximate surface area is 104 Å². The van der Waals surface area contributed by atoms with Gasteiger partial charge in [-0.05, 0) is 47.0 Å². The van der Waals surface area contributed by atoms with Crippen molar-refractivity contribution in [3.05, 3.63) is 0 Å². The Balaban J connectivity index is 2.14. The van der Waals surface area contributed by atoms with Gasteiger partial charge in [0.05, 0.1) is 11.2 Å². The quantitative estimate of drug-likeness (QED) is 0.804. The van der Waals surface area contributed by atoms with Crippen LogP contribution in [0.25, 0.3) is 0 Å².